The number of aromatic amines is 1. The molecule has 1 rings (SSSR count). The third kappa shape index (κ3) is 1.50. The van der Waals surface area contributed by atoms with Crippen LogP contribution in [0, 0.1) is 6.92 Å². The lowest BCUT2D eigenvalue weighted by molar-refractivity contribution is 1.36. The van der Waals surface area contributed by atoms with Gasteiger partial charge in [-0.15, -0.1) is 0 Å². The average Bonchev–Trinajstić information content (AvgIpc) is 2.32. The minimum absolute atomic E-state index is 1.11. The standard InChI is InChI=1S/C11H15N/c1-5-6-10-11(8(2)3)9(4)7-12-10/h5-7,12H,2H2,1,3-4H3/b6-5-. The van der Waals surface area contributed by atoms with Crippen molar-refractivity contribution in [1.82, 2.24) is 4.98 Å². The first-order valence-corrected chi connectivity index (χ1v) is 4.13. The first kappa shape index (κ1) is 8.85. The second-order valence-corrected chi connectivity index (χ2v) is 3.04. The van der Waals surface area contributed by atoms with E-state index in [-0.39, 0.29) is 0 Å². The van der Waals surface area contributed by atoms with Crippen molar-refractivity contribution in [3.05, 3.63) is 35.7 Å². The van der Waals surface area contributed by atoms with Crippen LogP contribution in [-0.4, -0.2) is 4.98 Å². The monoisotopic (exact) mass is 161 g/mol. The summed E-state index contributed by atoms with van der Waals surface area (Å²) in [4.78, 5) is 3.21. The number of aromatic nitrogens is 1. The van der Waals surface area contributed by atoms with Crippen LogP contribution in [0.2, 0.25) is 0 Å². The van der Waals surface area contributed by atoms with Crippen molar-refractivity contribution in [2.24, 2.45) is 0 Å². The maximum Gasteiger partial charge on any atom is 0.0455 e. The van der Waals surface area contributed by atoms with Gasteiger partial charge in [-0.2, -0.15) is 0 Å². The summed E-state index contributed by atoms with van der Waals surface area (Å²) in [5, 5.41) is 0. The van der Waals surface area contributed by atoms with Crippen LogP contribution in [0.5, 0.6) is 0 Å². The highest BCUT2D eigenvalue weighted by molar-refractivity contribution is 5.72. The van der Waals surface area contributed by atoms with Crippen LogP contribution in [0.25, 0.3) is 11.6 Å². The van der Waals surface area contributed by atoms with Gasteiger partial charge in [-0.25, -0.2) is 0 Å². The largest absolute Gasteiger partial charge is 0.361 e. The molecule has 0 fully saturated rings. The van der Waals surface area contributed by atoms with Gasteiger partial charge in [0.2, 0.25) is 0 Å². The average molecular weight is 161 g/mol. The van der Waals surface area contributed by atoms with Gasteiger partial charge in [0.15, 0.2) is 0 Å². The fraction of sp³-hybridized carbons (Fsp3) is 0.273. The molecule has 1 nitrogen and oxygen atoms in total. The molecular weight excluding hydrogens is 146 g/mol. The van der Waals surface area contributed by atoms with E-state index in [0.717, 1.165) is 11.3 Å². The summed E-state index contributed by atoms with van der Waals surface area (Å²) < 4.78 is 0. The molecule has 0 saturated carbocycles. The predicted octanol–water partition coefficient (Wildman–Crippen LogP) is 3.39. The van der Waals surface area contributed by atoms with E-state index in [9.17, 15) is 0 Å². The molecule has 1 N–H and O–H groups in total. The first-order valence-electron chi connectivity index (χ1n) is 4.13. The normalized spacial score (nSPS) is 10.9. The quantitative estimate of drug-likeness (QED) is 0.684. The fourth-order valence-electron chi connectivity index (χ4n) is 1.41. The van der Waals surface area contributed by atoms with E-state index in [1.165, 1.54) is 11.1 Å². The Morgan fingerprint density at radius 1 is 1.58 bits per heavy atom. The third-order valence-corrected chi connectivity index (χ3v) is 1.87. The number of nitrogens with one attached hydrogen (secondary N) is 1. The van der Waals surface area contributed by atoms with Crippen molar-refractivity contribution in [3.8, 4) is 0 Å². The summed E-state index contributed by atoms with van der Waals surface area (Å²) in [6.07, 6.45) is 6.11. The third-order valence-electron chi connectivity index (χ3n) is 1.87. The highest BCUT2D eigenvalue weighted by Gasteiger charge is 2.04. The smallest absolute Gasteiger partial charge is 0.0455 e. The van der Waals surface area contributed by atoms with Gasteiger partial charge in [0, 0.05) is 17.5 Å². The van der Waals surface area contributed by atoms with Gasteiger partial charge in [-0.1, -0.05) is 12.7 Å². The van der Waals surface area contributed by atoms with Crippen molar-refractivity contribution in [3.63, 3.8) is 0 Å². The number of H-pyrrole nitrogens is 1. The molecule has 64 valence electrons. The molecule has 0 aromatic carbocycles. The van der Waals surface area contributed by atoms with Crippen LogP contribution in [-0.2, 0) is 0 Å². The van der Waals surface area contributed by atoms with Crippen LogP contribution in [0.3, 0.4) is 0 Å². The molecule has 0 spiro atoms. The number of allylic oxidation sites excluding steroid dienone is 2. The van der Waals surface area contributed by atoms with E-state index in [1.54, 1.807) is 0 Å². The summed E-state index contributed by atoms with van der Waals surface area (Å²) >= 11 is 0. The lowest BCUT2D eigenvalue weighted by Crippen LogP contribution is -1.81. The highest BCUT2D eigenvalue weighted by atomic mass is 14.7. The zero-order valence-electron chi connectivity index (χ0n) is 7.94. The zero-order chi connectivity index (χ0) is 9.14. The zero-order valence-corrected chi connectivity index (χ0v) is 7.94. The van der Waals surface area contributed by atoms with Crippen molar-refractivity contribution in [1.29, 1.82) is 0 Å². The van der Waals surface area contributed by atoms with Gasteiger partial charge in [-0.05, 0) is 38.0 Å². The fourth-order valence-corrected chi connectivity index (χ4v) is 1.41. The predicted molar refractivity (Wildman–Crippen MR) is 54.9 cm³/mol. The van der Waals surface area contributed by atoms with Gasteiger partial charge in [-0.3, -0.25) is 0 Å². The van der Waals surface area contributed by atoms with Crippen molar-refractivity contribution >= 4 is 11.6 Å². The minimum Gasteiger partial charge on any atom is -0.361 e. The van der Waals surface area contributed by atoms with E-state index in [0.29, 0.717) is 0 Å². The van der Waals surface area contributed by atoms with Gasteiger partial charge >= 0.3 is 0 Å². The molecule has 0 atom stereocenters. The number of rotatable bonds is 2. The molecule has 0 aliphatic rings. The summed E-state index contributed by atoms with van der Waals surface area (Å²) in [7, 11) is 0. The van der Waals surface area contributed by atoms with E-state index in [1.807, 2.05) is 26.1 Å². The molecule has 0 amide bonds. The summed E-state index contributed by atoms with van der Waals surface area (Å²) in [5.74, 6) is 0. The summed E-state index contributed by atoms with van der Waals surface area (Å²) in [6.45, 7) is 10.1. The van der Waals surface area contributed by atoms with E-state index >= 15 is 0 Å². The Morgan fingerprint density at radius 3 is 2.75 bits per heavy atom. The Morgan fingerprint density at radius 2 is 2.25 bits per heavy atom. The van der Waals surface area contributed by atoms with Crippen molar-refractivity contribution < 1.29 is 0 Å². The number of hydrogen-bond donors (Lipinski definition) is 1. The second kappa shape index (κ2) is 3.44. The van der Waals surface area contributed by atoms with Gasteiger partial charge in [0.25, 0.3) is 0 Å². The maximum absolute atomic E-state index is 3.95. The van der Waals surface area contributed by atoms with Gasteiger partial charge < -0.3 is 4.98 Å². The Labute approximate surface area is 73.8 Å². The number of aryl methyl sites for hydroxylation is 1. The maximum atomic E-state index is 3.95. The van der Waals surface area contributed by atoms with Crippen molar-refractivity contribution in [2.75, 3.05) is 0 Å². The molecular formula is C11H15N. The Bertz CT molecular complexity index is 316. The molecule has 0 saturated heterocycles. The summed E-state index contributed by atoms with van der Waals surface area (Å²) in [6, 6.07) is 0. The topological polar surface area (TPSA) is 15.8 Å². The second-order valence-electron chi connectivity index (χ2n) is 3.04. The highest BCUT2D eigenvalue weighted by Crippen LogP contribution is 2.21. The number of hydrogen-bond acceptors (Lipinski definition) is 0. The molecule has 0 aliphatic carbocycles. The van der Waals surface area contributed by atoms with Crippen LogP contribution >= 0.6 is 0 Å². The van der Waals surface area contributed by atoms with Gasteiger partial charge in [0.1, 0.15) is 0 Å². The molecule has 0 radical (unpaired) electrons. The summed E-state index contributed by atoms with van der Waals surface area (Å²) in [5.41, 5.74) is 4.77. The molecule has 1 aromatic rings. The molecule has 12 heavy (non-hydrogen) atoms. The molecule has 1 aromatic heterocycles. The molecule has 0 unspecified atom stereocenters. The van der Waals surface area contributed by atoms with E-state index in [2.05, 4.69) is 24.6 Å². The lowest BCUT2D eigenvalue weighted by atomic mass is 10.1. The van der Waals surface area contributed by atoms with Crippen LogP contribution in [0.4, 0.5) is 0 Å². The molecule has 0 bridgehead atoms. The SMILES string of the molecule is C=C(C)c1c(C)c[nH]c1/C=C\C. The van der Waals surface area contributed by atoms with E-state index in [4.69, 9.17) is 0 Å². The minimum atomic E-state index is 1.11. The molecule has 1 heteroatoms. The van der Waals surface area contributed by atoms with Crippen LogP contribution in [0.15, 0.2) is 18.9 Å². The van der Waals surface area contributed by atoms with Crippen molar-refractivity contribution in [2.45, 2.75) is 20.8 Å². The first-order chi connectivity index (χ1) is 5.66. The Kier molecular flexibility index (Phi) is 2.54. The van der Waals surface area contributed by atoms with E-state index < -0.39 is 0 Å². The Balaban J connectivity index is 3.21. The molecule has 0 aliphatic heterocycles. The van der Waals surface area contributed by atoms with Crippen LogP contribution < -0.4 is 0 Å². The lowest BCUT2D eigenvalue weighted by Gasteiger charge is -1.99. The molecule has 1 heterocycles. The van der Waals surface area contributed by atoms with Gasteiger partial charge in [0.05, 0.1) is 0 Å². The Hall–Kier alpha value is -1.24. The van der Waals surface area contributed by atoms with Crippen LogP contribution in [0.1, 0.15) is 30.7 Å².